The van der Waals surface area contributed by atoms with Gasteiger partial charge in [0.1, 0.15) is 5.82 Å². The molecule has 1 aromatic carbocycles. The lowest BCUT2D eigenvalue weighted by Crippen LogP contribution is -2.44. The third kappa shape index (κ3) is 3.76. The van der Waals surface area contributed by atoms with E-state index in [1.54, 1.807) is 31.2 Å². The summed E-state index contributed by atoms with van der Waals surface area (Å²) in [5.41, 5.74) is 5.35. The van der Waals surface area contributed by atoms with Crippen LogP contribution < -0.4 is 10.9 Å². The summed E-state index contributed by atoms with van der Waals surface area (Å²) < 4.78 is 1.94. The van der Waals surface area contributed by atoms with Gasteiger partial charge in [-0.2, -0.15) is 0 Å². The number of aromatic nitrogens is 3. The Kier molecular flexibility index (Phi) is 4.84. The Morgan fingerprint density at radius 3 is 2.58 bits per heavy atom. The van der Waals surface area contributed by atoms with Crippen LogP contribution in [0.4, 0.5) is 0 Å². The molecule has 3 rings (SSSR count). The van der Waals surface area contributed by atoms with Crippen LogP contribution in [0.2, 0.25) is 0 Å². The van der Waals surface area contributed by atoms with Crippen molar-refractivity contribution >= 4 is 23.6 Å². The van der Waals surface area contributed by atoms with Gasteiger partial charge in [-0.05, 0) is 31.9 Å². The van der Waals surface area contributed by atoms with Crippen molar-refractivity contribution in [3.05, 3.63) is 41.7 Å². The third-order valence-electron chi connectivity index (χ3n) is 3.80. The minimum Gasteiger partial charge on any atom is -0.309 e. The Balaban J connectivity index is 1.52. The second kappa shape index (κ2) is 7.04. The molecule has 24 heavy (non-hydrogen) atoms. The lowest BCUT2D eigenvalue weighted by Gasteiger charge is -2.12. The van der Waals surface area contributed by atoms with Crippen molar-refractivity contribution in [1.29, 1.82) is 0 Å². The predicted molar refractivity (Wildman–Crippen MR) is 90.3 cm³/mol. The number of nitrogens with zero attached hydrogens (tertiary/aromatic N) is 3. The fraction of sp³-hybridized carbons (Fsp3) is 0.375. The Morgan fingerprint density at radius 1 is 1.21 bits per heavy atom. The molecule has 1 atom stereocenters. The predicted octanol–water partition coefficient (Wildman–Crippen LogP) is 1.63. The van der Waals surface area contributed by atoms with Crippen LogP contribution in [0, 0.1) is 0 Å². The van der Waals surface area contributed by atoms with E-state index >= 15 is 0 Å². The molecule has 2 aromatic rings. The van der Waals surface area contributed by atoms with Crippen molar-refractivity contribution in [2.45, 2.75) is 36.1 Å². The maximum Gasteiger partial charge on any atom is 0.269 e. The van der Waals surface area contributed by atoms with Gasteiger partial charge in [-0.15, -0.1) is 10.2 Å². The molecule has 8 heteroatoms. The van der Waals surface area contributed by atoms with E-state index in [4.69, 9.17) is 0 Å². The van der Waals surface area contributed by atoms with E-state index in [2.05, 4.69) is 21.0 Å². The zero-order valence-corrected chi connectivity index (χ0v) is 14.3. The first kappa shape index (κ1) is 16.5. The molecule has 1 heterocycles. The first-order valence-corrected chi connectivity index (χ1v) is 8.65. The molecule has 1 aliphatic rings. The molecule has 1 fully saturated rings. The number of hydrogen-bond donors (Lipinski definition) is 2. The average molecular weight is 345 g/mol. The van der Waals surface area contributed by atoms with E-state index < -0.39 is 5.25 Å². The van der Waals surface area contributed by atoms with E-state index in [1.807, 2.05) is 17.7 Å². The van der Waals surface area contributed by atoms with Crippen LogP contribution in [0.1, 0.15) is 41.9 Å². The van der Waals surface area contributed by atoms with Gasteiger partial charge in [0.2, 0.25) is 0 Å². The summed E-state index contributed by atoms with van der Waals surface area (Å²) in [5, 5.41) is 8.64. The molecule has 0 unspecified atom stereocenters. The number of rotatable bonds is 5. The van der Waals surface area contributed by atoms with Crippen LogP contribution >= 0.6 is 11.8 Å². The quantitative estimate of drug-likeness (QED) is 0.635. The minimum atomic E-state index is -0.406. The lowest BCUT2D eigenvalue weighted by molar-refractivity contribution is -0.121. The zero-order chi connectivity index (χ0) is 17.1. The van der Waals surface area contributed by atoms with Crippen LogP contribution in [0.15, 0.2) is 35.5 Å². The van der Waals surface area contributed by atoms with Crippen LogP contribution in [0.25, 0.3) is 0 Å². The number of amides is 2. The minimum absolute atomic E-state index is 0.291. The zero-order valence-electron chi connectivity index (χ0n) is 13.5. The molecule has 0 bridgehead atoms. The largest absolute Gasteiger partial charge is 0.309 e. The first-order valence-electron chi connectivity index (χ1n) is 7.77. The molecule has 126 valence electrons. The second-order valence-corrected chi connectivity index (χ2v) is 7.05. The normalized spacial score (nSPS) is 14.9. The van der Waals surface area contributed by atoms with Crippen molar-refractivity contribution in [3.63, 3.8) is 0 Å². The van der Waals surface area contributed by atoms with Gasteiger partial charge in [-0.1, -0.05) is 30.0 Å². The van der Waals surface area contributed by atoms with Crippen LogP contribution in [-0.4, -0.2) is 31.8 Å². The molecule has 2 N–H and O–H groups in total. The van der Waals surface area contributed by atoms with Crippen LogP contribution in [-0.2, 0) is 11.8 Å². The molecule has 1 aromatic heterocycles. The van der Waals surface area contributed by atoms with Crippen LogP contribution in [0.3, 0.4) is 0 Å². The Bertz CT molecular complexity index is 742. The van der Waals surface area contributed by atoms with E-state index in [0.717, 1.165) is 18.7 Å². The molecular weight excluding hydrogens is 326 g/mol. The summed E-state index contributed by atoms with van der Waals surface area (Å²) in [5.74, 6) is 0.838. The van der Waals surface area contributed by atoms with Gasteiger partial charge in [-0.25, -0.2) is 0 Å². The van der Waals surface area contributed by atoms with Crippen molar-refractivity contribution < 1.29 is 9.59 Å². The van der Waals surface area contributed by atoms with Gasteiger partial charge in [0.15, 0.2) is 5.16 Å². The molecule has 1 aliphatic carbocycles. The number of carbonyl (C=O) groups is 2. The van der Waals surface area contributed by atoms with Gasteiger partial charge in [-0.3, -0.25) is 20.4 Å². The van der Waals surface area contributed by atoms with E-state index in [0.29, 0.717) is 16.6 Å². The van der Waals surface area contributed by atoms with Gasteiger partial charge in [0.05, 0.1) is 5.25 Å². The highest BCUT2D eigenvalue weighted by Gasteiger charge is 2.30. The summed E-state index contributed by atoms with van der Waals surface area (Å²) >= 11 is 1.32. The second-order valence-electron chi connectivity index (χ2n) is 5.74. The highest BCUT2D eigenvalue weighted by molar-refractivity contribution is 8.00. The number of benzene rings is 1. The lowest BCUT2D eigenvalue weighted by atomic mass is 10.2. The highest BCUT2D eigenvalue weighted by atomic mass is 32.2. The van der Waals surface area contributed by atoms with Gasteiger partial charge in [0, 0.05) is 18.5 Å². The SMILES string of the molecule is C[C@H](Sc1nnc(C2CC2)n1C)C(=O)NNC(=O)c1ccccc1. The topological polar surface area (TPSA) is 88.9 Å². The van der Waals surface area contributed by atoms with Gasteiger partial charge < -0.3 is 4.57 Å². The van der Waals surface area contributed by atoms with Crippen molar-refractivity contribution in [3.8, 4) is 0 Å². The van der Waals surface area contributed by atoms with Crippen LogP contribution in [0.5, 0.6) is 0 Å². The first-order chi connectivity index (χ1) is 11.6. The maximum absolute atomic E-state index is 12.1. The molecule has 0 aliphatic heterocycles. The van der Waals surface area contributed by atoms with Gasteiger partial charge >= 0.3 is 0 Å². The fourth-order valence-corrected chi connectivity index (χ4v) is 3.04. The third-order valence-corrected chi connectivity index (χ3v) is 4.93. The van der Waals surface area contributed by atoms with E-state index in [-0.39, 0.29) is 11.8 Å². The molecule has 7 nitrogen and oxygen atoms in total. The highest BCUT2D eigenvalue weighted by Crippen LogP contribution is 2.39. The van der Waals surface area contributed by atoms with Crippen molar-refractivity contribution in [2.24, 2.45) is 7.05 Å². The average Bonchev–Trinajstić information content (AvgIpc) is 3.38. The number of thioether (sulfide) groups is 1. The molecule has 2 amide bonds. The van der Waals surface area contributed by atoms with E-state index in [1.165, 1.54) is 11.8 Å². The number of carbonyl (C=O) groups excluding carboxylic acids is 2. The summed E-state index contributed by atoms with van der Waals surface area (Å²) in [6.45, 7) is 1.76. The summed E-state index contributed by atoms with van der Waals surface area (Å²) in [7, 11) is 1.91. The standard InChI is InChI=1S/C16H19N5O2S/c1-10(24-16-20-17-13(21(16)2)11-8-9-11)14(22)18-19-15(23)12-6-4-3-5-7-12/h3-7,10-11H,8-9H2,1-2H3,(H,18,22)(H,19,23)/t10-/m0/s1. The Labute approximate surface area is 144 Å². The number of hydrogen-bond acceptors (Lipinski definition) is 5. The molecule has 1 saturated carbocycles. The summed E-state index contributed by atoms with van der Waals surface area (Å²) in [6, 6.07) is 8.71. The van der Waals surface area contributed by atoms with Crippen molar-refractivity contribution in [1.82, 2.24) is 25.6 Å². The van der Waals surface area contributed by atoms with E-state index in [9.17, 15) is 9.59 Å². The van der Waals surface area contributed by atoms with Gasteiger partial charge in [0.25, 0.3) is 11.8 Å². The molecule has 0 saturated heterocycles. The Hall–Kier alpha value is -2.35. The Morgan fingerprint density at radius 2 is 1.92 bits per heavy atom. The summed E-state index contributed by atoms with van der Waals surface area (Å²) in [6.07, 6.45) is 2.30. The monoisotopic (exact) mass is 345 g/mol. The molecule has 0 spiro atoms. The number of nitrogens with one attached hydrogen (secondary N) is 2. The molecular formula is C16H19N5O2S. The number of hydrazine groups is 1. The maximum atomic E-state index is 12.1. The molecule has 0 radical (unpaired) electrons. The summed E-state index contributed by atoms with van der Waals surface area (Å²) in [4.78, 5) is 24.1. The fourth-order valence-electron chi connectivity index (χ4n) is 2.22. The smallest absolute Gasteiger partial charge is 0.269 e. The van der Waals surface area contributed by atoms with Crippen molar-refractivity contribution in [2.75, 3.05) is 0 Å².